The number of rotatable bonds is 5. The van der Waals surface area contributed by atoms with Crippen molar-refractivity contribution < 1.29 is 4.79 Å². The van der Waals surface area contributed by atoms with Crippen LogP contribution >= 0.6 is 0 Å². The molecule has 0 aliphatic carbocycles. The minimum Gasteiger partial charge on any atom is -0.379 e. The van der Waals surface area contributed by atoms with Gasteiger partial charge in [0.25, 0.3) is 0 Å². The first-order valence-corrected chi connectivity index (χ1v) is 3.54. The van der Waals surface area contributed by atoms with Gasteiger partial charge in [0.1, 0.15) is 5.78 Å². The molecule has 0 unspecified atom stereocenters. The van der Waals surface area contributed by atoms with Gasteiger partial charge in [-0.2, -0.15) is 0 Å². The summed E-state index contributed by atoms with van der Waals surface area (Å²) in [7, 11) is 1.77. The van der Waals surface area contributed by atoms with Gasteiger partial charge in [-0.15, -0.1) is 0 Å². The van der Waals surface area contributed by atoms with Crippen LogP contribution in [0.4, 0.5) is 0 Å². The maximum atomic E-state index is 10.5. The number of aliphatic imine (C=N–C) groups is 1. The van der Waals surface area contributed by atoms with Crippen molar-refractivity contribution in [2.75, 3.05) is 7.05 Å². The lowest BCUT2D eigenvalue weighted by Gasteiger charge is -1.95. The number of hydrogen-bond donors (Lipinski definition) is 1. The fraction of sp³-hybridized carbons (Fsp3) is 0.500. The lowest BCUT2D eigenvalue weighted by atomic mass is 10.2. The van der Waals surface area contributed by atoms with Gasteiger partial charge in [0.2, 0.25) is 0 Å². The van der Waals surface area contributed by atoms with Crippen molar-refractivity contribution in [3.8, 4) is 0 Å². The molecule has 0 atom stereocenters. The molecule has 0 heterocycles. The summed E-state index contributed by atoms with van der Waals surface area (Å²) >= 11 is 0. The molecule has 0 fully saturated rings. The lowest BCUT2D eigenvalue weighted by molar-refractivity contribution is -0.116. The highest BCUT2D eigenvalue weighted by Gasteiger charge is 1.94. The van der Waals surface area contributed by atoms with E-state index in [1.165, 1.54) is 0 Å². The molecule has 0 rings (SSSR count). The van der Waals surface area contributed by atoms with Crippen molar-refractivity contribution in [3.05, 3.63) is 12.3 Å². The van der Waals surface area contributed by atoms with Gasteiger partial charge in [-0.05, 0) is 13.3 Å². The molecule has 0 radical (unpaired) electrons. The molecule has 0 saturated carbocycles. The molecule has 0 spiro atoms. The first-order valence-electron chi connectivity index (χ1n) is 3.54. The molecule has 0 aliphatic rings. The SMILES string of the molecule is C=C(CCC(C)=O)/N=C\NC. The quantitative estimate of drug-likeness (QED) is 0.476. The Morgan fingerprint density at radius 3 is 2.73 bits per heavy atom. The average Bonchev–Trinajstić information content (AvgIpc) is 1.97. The number of allylic oxidation sites excluding steroid dienone is 1. The van der Waals surface area contributed by atoms with Crippen LogP contribution in [0, 0.1) is 0 Å². The van der Waals surface area contributed by atoms with E-state index in [-0.39, 0.29) is 5.78 Å². The summed E-state index contributed by atoms with van der Waals surface area (Å²) in [5.41, 5.74) is 0.731. The van der Waals surface area contributed by atoms with E-state index >= 15 is 0 Å². The molecule has 1 N–H and O–H groups in total. The van der Waals surface area contributed by atoms with Crippen LogP contribution < -0.4 is 5.32 Å². The van der Waals surface area contributed by atoms with E-state index in [1.807, 2.05) is 0 Å². The summed E-state index contributed by atoms with van der Waals surface area (Å²) < 4.78 is 0. The molecule has 62 valence electrons. The zero-order chi connectivity index (χ0) is 8.69. The number of carbonyl (C=O) groups is 1. The van der Waals surface area contributed by atoms with Crippen molar-refractivity contribution >= 4 is 12.1 Å². The topological polar surface area (TPSA) is 41.5 Å². The van der Waals surface area contributed by atoms with Crippen LogP contribution in [0.1, 0.15) is 19.8 Å². The van der Waals surface area contributed by atoms with Crippen LogP contribution in [0.5, 0.6) is 0 Å². The third-order valence-electron chi connectivity index (χ3n) is 1.14. The largest absolute Gasteiger partial charge is 0.379 e. The molecule has 0 aliphatic heterocycles. The second-order valence-electron chi connectivity index (χ2n) is 2.32. The Labute approximate surface area is 67.2 Å². The molecule has 0 aromatic carbocycles. The number of ketones is 1. The van der Waals surface area contributed by atoms with Crippen LogP contribution in [0.25, 0.3) is 0 Å². The monoisotopic (exact) mass is 154 g/mol. The van der Waals surface area contributed by atoms with Gasteiger partial charge in [0.15, 0.2) is 0 Å². The molecule has 11 heavy (non-hydrogen) atoms. The van der Waals surface area contributed by atoms with Gasteiger partial charge in [0.05, 0.1) is 6.34 Å². The van der Waals surface area contributed by atoms with E-state index in [0.29, 0.717) is 12.8 Å². The van der Waals surface area contributed by atoms with Gasteiger partial charge in [-0.25, -0.2) is 4.99 Å². The summed E-state index contributed by atoms with van der Waals surface area (Å²) in [6, 6.07) is 0. The number of nitrogens with one attached hydrogen (secondary N) is 1. The minimum absolute atomic E-state index is 0.172. The maximum Gasteiger partial charge on any atom is 0.130 e. The van der Waals surface area contributed by atoms with Crippen molar-refractivity contribution in [1.29, 1.82) is 0 Å². The van der Waals surface area contributed by atoms with Crippen molar-refractivity contribution in [2.45, 2.75) is 19.8 Å². The highest BCUT2D eigenvalue weighted by Crippen LogP contribution is 2.02. The Balaban J connectivity index is 3.53. The van der Waals surface area contributed by atoms with Crippen LogP contribution in [-0.2, 0) is 4.79 Å². The molecule has 0 aromatic rings. The van der Waals surface area contributed by atoms with Crippen LogP contribution in [0.2, 0.25) is 0 Å². The molecular formula is C8H14N2O. The molecule has 0 amide bonds. The molecule has 0 aromatic heterocycles. The Morgan fingerprint density at radius 1 is 1.64 bits per heavy atom. The van der Waals surface area contributed by atoms with Crippen LogP contribution in [0.15, 0.2) is 17.3 Å². The van der Waals surface area contributed by atoms with Gasteiger partial charge in [0, 0.05) is 19.2 Å². The minimum atomic E-state index is 0.172. The Hall–Kier alpha value is -1.12. The summed E-state index contributed by atoms with van der Waals surface area (Å²) in [6.07, 6.45) is 2.73. The maximum absolute atomic E-state index is 10.5. The van der Waals surface area contributed by atoms with Crippen LogP contribution in [0.3, 0.4) is 0 Å². The molecule has 3 nitrogen and oxygen atoms in total. The van der Waals surface area contributed by atoms with Gasteiger partial charge < -0.3 is 10.1 Å². The highest BCUT2D eigenvalue weighted by atomic mass is 16.1. The molecule has 3 heteroatoms. The fourth-order valence-electron chi connectivity index (χ4n) is 0.541. The average molecular weight is 154 g/mol. The van der Waals surface area contributed by atoms with Gasteiger partial charge in [-0.1, -0.05) is 6.58 Å². The fourth-order valence-corrected chi connectivity index (χ4v) is 0.541. The van der Waals surface area contributed by atoms with E-state index in [0.717, 1.165) is 5.70 Å². The zero-order valence-electron chi connectivity index (χ0n) is 7.05. The number of carbonyl (C=O) groups excluding carboxylic acids is 1. The lowest BCUT2D eigenvalue weighted by Crippen LogP contribution is -2.01. The summed E-state index contributed by atoms with van der Waals surface area (Å²) in [5.74, 6) is 0.172. The Morgan fingerprint density at radius 2 is 2.27 bits per heavy atom. The van der Waals surface area contributed by atoms with Gasteiger partial charge in [-0.3, -0.25) is 0 Å². The van der Waals surface area contributed by atoms with E-state index in [4.69, 9.17) is 0 Å². The second kappa shape index (κ2) is 5.65. The van der Waals surface area contributed by atoms with E-state index in [9.17, 15) is 4.79 Å². The predicted octanol–water partition coefficient (Wildman–Crippen LogP) is 1.12. The third-order valence-corrected chi connectivity index (χ3v) is 1.14. The smallest absolute Gasteiger partial charge is 0.130 e. The highest BCUT2D eigenvalue weighted by molar-refractivity contribution is 5.75. The second-order valence-corrected chi connectivity index (χ2v) is 2.32. The normalized spacial score (nSPS) is 10.0. The van der Waals surface area contributed by atoms with Crippen molar-refractivity contribution in [2.24, 2.45) is 4.99 Å². The summed E-state index contributed by atoms with van der Waals surface area (Å²) in [5, 5.41) is 2.75. The number of hydrogen-bond acceptors (Lipinski definition) is 2. The Kier molecular flexibility index (Phi) is 5.07. The van der Waals surface area contributed by atoms with E-state index < -0.39 is 0 Å². The predicted molar refractivity (Wildman–Crippen MR) is 46.6 cm³/mol. The summed E-state index contributed by atoms with van der Waals surface area (Å²) in [4.78, 5) is 14.4. The first-order chi connectivity index (χ1) is 5.16. The standard InChI is InChI=1S/C8H14N2O/c1-7(10-6-9-3)4-5-8(2)11/h6H,1,4-5H2,2-3H3,(H,9,10). The van der Waals surface area contributed by atoms with E-state index in [2.05, 4.69) is 16.9 Å². The van der Waals surface area contributed by atoms with Crippen molar-refractivity contribution in [1.82, 2.24) is 5.32 Å². The number of Topliss-reactive ketones (excluding diaryl/α,β-unsaturated/α-hetero) is 1. The van der Waals surface area contributed by atoms with Crippen molar-refractivity contribution in [3.63, 3.8) is 0 Å². The van der Waals surface area contributed by atoms with Crippen LogP contribution in [-0.4, -0.2) is 19.2 Å². The first kappa shape index (κ1) is 9.88. The Bertz CT molecular complexity index is 173. The molecule has 0 saturated heterocycles. The summed E-state index contributed by atoms with van der Waals surface area (Å²) in [6.45, 7) is 5.24. The molecule has 0 bridgehead atoms. The zero-order valence-corrected chi connectivity index (χ0v) is 7.05. The van der Waals surface area contributed by atoms with Gasteiger partial charge >= 0.3 is 0 Å². The molecular weight excluding hydrogens is 140 g/mol. The van der Waals surface area contributed by atoms with E-state index in [1.54, 1.807) is 20.3 Å². The number of nitrogens with zero attached hydrogens (tertiary/aromatic N) is 1. The third kappa shape index (κ3) is 6.77.